The highest BCUT2D eigenvalue weighted by Gasteiger charge is 2.13. The van der Waals surface area contributed by atoms with Gasteiger partial charge in [0.1, 0.15) is 0 Å². The minimum absolute atomic E-state index is 0.284. The molecule has 3 aromatic carbocycles. The fraction of sp³-hybridized carbons (Fsp3) is 0.182. The molecule has 0 aromatic heterocycles. The Kier molecular flexibility index (Phi) is 6.12. The normalized spacial score (nSPS) is 11.0. The molecule has 0 radical (unpaired) electrons. The van der Waals surface area contributed by atoms with Gasteiger partial charge in [0.25, 0.3) is 0 Å². The Bertz CT molecular complexity index is 729. The van der Waals surface area contributed by atoms with E-state index in [1.807, 2.05) is 11.8 Å². The van der Waals surface area contributed by atoms with E-state index in [1.165, 1.54) is 32.8 Å². The first-order chi connectivity index (χ1) is 11.7. The third-order valence-corrected chi connectivity index (χ3v) is 8.03. The predicted octanol–water partition coefficient (Wildman–Crippen LogP) is 5.53. The molecule has 2 heteroatoms. The molecule has 0 saturated carbocycles. The first kappa shape index (κ1) is 17.3. The summed E-state index contributed by atoms with van der Waals surface area (Å²) in [7, 11) is -0.284. The Labute approximate surface area is 151 Å². The molecule has 0 saturated heterocycles. The van der Waals surface area contributed by atoms with Crippen molar-refractivity contribution in [1.82, 2.24) is 0 Å². The zero-order valence-electron chi connectivity index (χ0n) is 14.3. The molecule has 0 atom stereocenters. The van der Waals surface area contributed by atoms with Crippen LogP contribution in [0.3, 0.4) is 0 Å². The lowest BCUT2D eigenvalue weighted by atomic mass is 10.2. The lowest BCUT2D eigenvalue weighted by Gasteiger charge is -2.18. The van der Waals surface area contributed by atoms with E-state index in [0.717, 1.165) is 5.75 Å². The monoisotopic (exact) mass is 350 g/mol. The van der Waals surface area contributed by atoms with Crippen molar-refractivity contribution >= 4 is 30.3 Å². The highest BCUT2D eigenvalue weighted by atomic mass is 32.2. The molecule has 0 amide bonds. The van der Waals surface area contributed by atoms with E-state index in [0.29, 0.717) is 0 Å². The average Bonchev–Trinajstić information content (AvgIpc) is 2.62. The van der Waals surface area contributed by atoms with Crippen LogP contribution < -0.4 is 10.6 Å². The summed E-state index contributed by atoms with van der Waals surface area (Å²) >= 11 is 1.99. The molecule has 3 aromatic rings. The molecule has 0 nitrogen and oxygen atoms in total. The molecule has 0 fully saturated rings. The van der Waals surface area contributed by atoms with Crippen LogP contribution in [0, 0.1) is 13.8 Å². The lowest BCUT2D eigenvalue weighted by Crippen LogP contribution is -2.14. The van der Waals surface area contributed by atoms with Crippen LogP contribution in [-0.2, 0) is 0 Å². The van der Waals surface area contributed by atoms with Crippen LogP contribution in [0.25, 0.3) is 0 Å². The summed E-state index contributed by atoms with van der Waals surface area (Å²) in [6, 6.07) is 28.7. The van der Waals surface area contributed by atoms with E-state index < -0.39 is 0 Å². The lowest BCUT2D eigenvalue weighted by molar-refractivity contribution is 1.26. The van der Waals surface area contributed by atoms with E-state index in [4.69, 9.17) is 0 Å². The van der Waals surface area contributed by atoms with Crippen molar-refractivity contribution in [3.8, 4) is 0 Å². The van der Waals surface area contributed by atoms with Crippen LogP contribution in [0.5, 0.6) is 0 Å². The molecule has 122 valence electrons. The van der Waals surface area contributed by atoms with Crippen molar-refractivity contribution in [3.63, 3.8) is 0 Å². The van der Waals surface area contributed by atoms with Crippen molar-refractivity contribution in [2.45, 2.75) is 18.7 Å². The van der Waals surface area contributed by atoms with Crippen molar-refractivity contribution in [1.29, 1.82) is 0 Å². The highest BCUT2D eigenvalue weighted by Crippen LogP contribution is 2.35. The van der Waals surface area contributed by atoms with Gasteiger partial charge in [-0.15, -0.1) is 11.8 Å². The van der Waals surface area contributed by atoms with Gasteiger partial charge in [0, 0.05) is 10.6 Å². The molecule has 24 heavy (non-hydrogen) atoms. The second-order valence-electron chi connectivity index (χ2n) is 5.94. The second kappa shape index (κ2) is 8.51. The highest BCUT2D eigenvalue weighted by molar-refractivity contribution is 7.99. The fourth-order valence-corrected chi connectivity index (χ4v) is 6.48. The Hall–Kier alpha value is -1.56. The van der Waals surface area contributed by atoms with Crippen molar-refractivity contribution in [2.24, 2.45) is 0 Å². The van der Waals surface area contributed by atoms with Gasteiger partial charge in [-0.3, -0.25) is 0 Å². The molecule has 3 rings (SSSR count). The first-order valence-corrected chi connectivity index (χ1v) is 10.8. The number of benzene rings is 3. The number of thioether (sulfide) groups is 1. The molecule has 0 aliphatic heterocycles. The van der Waals surface area contributed by atoms with Gasteiger partial charge in [-0.25, -0.2) is 0 Å². The van der Waals surface area contributed by atoms with Crippen LogP contribution >= 0.6 is 19.7 Å². The molecular formula is C22H23PS. The van der Waals surface area contributed by atoms with Gasteiger partial charge in [-0.05, 0) is 50.2 Å². The van der Waals surface area contributed by atoms with Gasteiger partial charge in [-0.1, -0.05) is 78.4 Å². The molecular weight excluding hydrogens is 327 g/mol. The summed E-state index contributed by atoms with van der Waals surface area (Å²) in [4.78, 5) is 1.41. The molecule has 0 unspecified atom stereocenters. The summed E-state index contributed by atoms with van der Waals surface area (Å²) in [6.07, 6.45) is 1.21. The molecule has 0 spiro atoms. The largest absolute Gasteiger partial charge is 0.126 e. The summed E-state index contributed by atoms with van der Waals surface area (Å²) in [5.74, 6) is 1.15. The summed E-state index contributed by atoms with van der Waals surface area (Å²) in [6.45, 7) is 4.37. The van der Waals surface area contributed by atoms with Crippen molar-refractivity contribution < 1.29 is 0 Å². The Morgan fingerprint density at radius 2 is 1.33 bits per heavy atom. The van der Waals surface area contributed by atoms with E-state index in [1.54, 1.807) is 0 Å². The quantitative estimate of drug-likeness (QED) is 0.416. The number of aryl methyl sites for hydroxylation is 2. The maximum Gasteiger partial charge on any atom is 0.0101 e. The molecule has 0 bridgehead atoms. The SMILES string of the molecule is Cc1ccc(SCCP(c2ccccc2)c2ccccc2)c(C)c1. The van der Waals surface area contributed by atoms with Gasteiger partial charge in [0.05, 0.1) is 0 Å². The van der Waals surface area contributed by atoms with Crippen LogP contribution in [0.4, 0.5) is 0 Å². The van der Waals surface area contributed by atoms with Gasteiger partial charge >= 0.3 is 0 Å². The number of hydrogen-bond acceptors (Lipinski definition) is 1. The van der Waals surface area contributed by atoms with Gasteiger partial charge in [0.15, 0.2) is 0 Å². The molecule has 0 N–H and O–H groups in total. The fourth-order valence-electron chi connectivity index (χ4n) is 2.83. The Morgan fingerprint density at radius 1 is 0.750 bits per heavy atom. The van der Waals surface area contributed by atoms with Gasteiger partial charge in [0.2, 0.25) is 0 Å². The Morgan fingerprint density at radius 3 is 1.88 bits per heavy atom. The van der Waals surface area contributed by atoms with Gasteiger partial charge < -0.3 is 0 Å². The van der Waals surface area contributed by atoms with Crippen molar-refractivity contribution in [3.05, 3.63) is 90.0 Å². The third kappa shape index (κ3) is 4.50. The number of rotatable bonds is 6. The third-order valence-electron chi connectivity index (χ3n) is 4.04. The Balaban J connectivity index is 1.73. The van der Waals surface area contributed by atoms with Crippen LogP contribution in [0.1, 0.15) is 11.1 Å². The van der Waals surface area contributed by atoms with Crippen LogP contribution in [0.15, 0.2) is 83.8 Å². The van der Waals surface area contributed by atoms with Gasteiger partial charge in [-0.2, -0.15) is 0 Å². The van der Waals surface area contributed by atoms with Crippen LogP contribution in [-0.4, -0.2) is 11.9 Å². The minimum atomic E-state index is -0.284. The minimum Gasteiger partial charge on any atom is -0.126 e. The van der Waals surface area contributed by atoms with E-state index >= 15 is 0 Å². The van der Waals surface area contributed by atoms with E-state index in [9.17, 15) is 0 Å². The summed E-state index contributed by atoms with van der Waals surface area (Å²) < 4.78 is 0. The predicted molar refractivity (Wildman–Crippen MR) is 111 cm³/mol. The number of hydrogen-bond donors (Lipinski definition) is 0. The maximum atomic E-state index is 2.28. The second-order valence-corrected chi connectivity index (χ2v) is 9.41. The zero-order valence-corrected chi connectivity index (χ0v) is 16.0. The first-order valence-electron chi connectivity index (χ1n) is 8.32. The summed E-state index contributed by atoms with van der Waals surface area (Å²) in [5, 5.41) is 2.94. The van der Waals surface area contributed by atoms with E-state index in [2.05, 4.69) is 92.7 Å². The average molecular weight is 350 g/mol. The standard InChI is InChI=1S/C22H23PS/c1-18-13-14-22(19(2)17-18)24-16-15-23(20-9-5-3-6-10-20)21-11-7-4-8-12-21/h3-14,17H,15-16H2,1-2H3. The van der Waals surface area contributed by atoms with E-state index in [-0.39, 0.29) is 7.92 Å². The topological polar surface area (TPSA) is 0 Å². The molecule has 0 heterocycles. The zero-order chi connectivity index (χ0) is 16.8. The molecule has 0 aliphatic rings. The molecule has 0 aliphatic carbocycles. The van der Waals surface area contributed by atoms with Crippen molar-refractivity contribution in [2.75, 3.05) is 11.9 Å². The smallest absolute Gasteiger partial charge is 0.0101 e. The maximum absolute atomic E-state index is 2.28. The summed E-state index contributed by atoms with van der Waals surface area (Å²) in [5.41, 5.74) is 2.73. The van der Waals surface area contributed by atoms with Crippen LogP contribution in [0.2, 0.25) is 0 Å².